The van der Waals surface area contributed by atoms with Crippen LogP contribution in [0.2, 0.25) is 0 Å². The Labute approximate surface area is 128 Å². The normalized spacial score (nSPS) is 17.7. The van der Waals surface area contributed by atoms with E-state index in [2.05, 4.69) is 10.3 Å². The Morgan fingerprint density at radius 2 is 2.27 bits per heavy atom. The summed E-state index contributed by atoms with van der Waals surface area (Å²) in [6, 6.07) is 3.31. The number of ether oxygens (including phenoxy) is 1. The number of pyridine rings is 1. The van der Waals surface area contributed by atoms with Gasteiger partial charge in [0, 0.05) is 19.3 Å². The smallest absolute Gasteiger partial charge is 0.313 e. The van der Waals surface area contributed by atoms with Crippen LogP contribution in [0.4, 0.5) is 5.69 Å². The van der Waals surface area contributed by atoms with Crippen molar-refractivity contribution in [2.75, 3.05) is 25.0 Å². The number of likely N-dealkylation sites (tertiary alicyclic amines) is 1. The fourth-order valence-electron chi connectivity index (χ4n) is 2.38. The standard InChI is InChI=1S/C15H19N3O4/c1-2-22-15(21)11-5-4-8-18(10-11)14(20)13(19)17-12-6-3-7-16-9-12/h3,6-7,9,11H,2,4-5,8,10H2,1H3,(H,17,19). The molecule has 0 bridgehead atoms. The van der Waals surface area contributed by atoms with E-state index >= 15 is 0 Å². The molecule has 1 fully saturated rings. The van der Waals surface area contributed by atoms with Crippen molar-refractivity contribution in [3.63, 3.8) is 0 Å². The van der Waals surface area contributed by atoms with Gasteiger partial charge in [-0.05, 0) is 31.9 Å². The van der Waals surface area contributed by atoms with Gasteiger partial charge in [-0.15, -0.1) is 0 Å². The lowest BCUT2D eigenvalue weighted by atomic mass is 9.98. The summed E-state index contributed by atoms with van der Waals surface area (Å²) < 4.78 is 4.98. The zero-order valence-electron chi connectivity index (χ0n) is 12.4. The Morgan fingerprint density at radius 3 is 2.95 bits per heavy atom. The summed E-state index contributed by atoms with van der Waals surface area (Å²) in [7, 11) is 0. The van der Waals surface area contributed by atoms with Crippen molar-refractivity contribution >= 4 is 23.5 Å². The molecule has 7 heteroatoms. The minimum absolute atomic E-state index is 0.220. The average Bonchev–Trinajstić information content (AvgIpc) is 2.55. The van der Waals surface area contributed by atoms with Crippen LogP contribution in [0.15, 0.2) is 24.5 Å². The van der Waals surface area contributed by atoms with E-state index in [1.807, 2.05) is 0 Å². The van der Waals surface area contributed by atoms with Crippen molar-refractivity contribution in [2.45, 2.75) is 19.8 Å². The number of rotatable bonds is 3. The van der Waals surface area contributed by atoms with Gasteiger partial charge in [-0.2, -0.15) is 0 Å². The highest BCUT2D eigenvalue weighted by Crippen LogP contribution is 2.18. The van der Waals surface area contributed by atoms with Crippen molar-refractivity contribution in [3.05, 3.63) is 24.5 Å². The fourth-order valence-corrected chi connectivity index (χ4v) is 2.38. The molecule has 0 aromatic carbocycles. The van der Waals surface area contributed by atoms with Crippen molar-refractivity contribution in [2.24, 2.45) is 5.92 Å². The molecule has 2 rings (SSSR count). The molecule has 1 saturated heterocycles. The number of nitrogens with zero attached hydrogens (tertiary/aromatic N) is 2. The lowest BCUT2D eigenvalue weighted by Gasteiger charge is -2.30. The second-order valence-electron chi connectivity index (χ2n) is 5.04. The van der Waals surface area contributed by atoms with E-state index in [1.54, 1.807) is 25.3 Å². The van der Waals surface area contributed by atoms with E-state index in [4.69, 9.17) is 4.74 Å². The summed E-state index contributed by atoms with van der Waals surface area (Å²) in [5, 5.41) is 2.50. The minimum atomic E-state index is -0.725. The summed E-state index contributed by atoms with van der Waals surface area (Å²) in [6.45, 7) is 2.74. The molecule has 2 heterocycles. The molecule has 0 radical (unpaired) electrons. The second kappa shape index (κ2) is 7.53. The molecule has 1 N–H and O–H groups in total. The van der Waals surface area contributed by atoms with Crippen LogP contribution in [-0.2, 0) is 19.1 Å². The molecule has 7 nitrogen and oxygen atoms in total. The molecule has 0 saturated carbocycles. The van der Waals surface area contributed by atoms with Crippen LogP contribution in [0.1, 0.15) is 19.8 Å². The van der Waals surface area contributed by atoms with Gasteiger partial charge in [-0.1, -0.05) is 0 Å². The maximum atomic E-state index is 12.2. The average molecular weight is 305 g/mol. The number of amides is 2. The van der Waals surface area contributed by atoms with Crippen molar-refractivity contribution in [1.29, 1.82) is 0 Å². The minimum Gasteiger partial charge on any atom is -0.466 e. The van der Waals surface area contributed by atoms with Crippen molar-refractivity contribution in [3.8, 4) is 0 Å². The molecule has 1 aromatic rings. The molecule has 1 atom stereocenters. The largest absolute Gasteiger partial charge is 0.466 e. The van der Waals surface area contributed by atoms with Gasteiger partial charge in [-0.25, -0.2) is 0 Å². The summed E-state index contributed by atoms with van der Waals surface area (Å²) in [5.74, 6) is -2.04. The Hall–Kier alpha value is -2.44. The second-order valence-corrected chi connectivity index (χ2v) is 5.04. The number of carbonyl (C=O) groups is 3. The maximum Gasteiger partial charge on any atom is 0.313 e. The highest BCUT2D eigenvalue weighted by molar-refractivity contribution is 6.39. The summed E-state index contributed by atoms with van der Waals surface area (Å²) in [6.07, 6.45) is 4.39. The third kappa shape index (κ3) is 4.03. The molecule has 118 valence electrons. The number of esters is 1. The molecule has 22 heavy (non-hydrogen) atoms. The molecule has 0 spiro atoms. The first kappa shape index (κ1) is 15.9. The van der Waals surface area contributed by atoms with Crippen LogP contribution in [0.25, 0.3) is 0 Å². The number of anilines is 1. The van der Waals surface area contributed by atoms with Gasteiger partial charge >= 0.3 is 17.8 Å². The Morgan fingerprint density at radius 1 is 1.45 bits per heavy atom. The molecule has 2 amide bonds. The summed E-state index contributed by atoms with van der Waals surface area (Å²) in [4.78, 5) is 41.2. The van der Waals surface area contributed by atoms with Crippen molar-refractivity contribution < 1.29 is 19.1 Å². The molecule has 1 aromatic heterocycles. The number of aromatic nitrogens is 1. The number of piperidine rings is 1. The van der Waals surface area contributed by atoms with Gasteiger partial charge < -0.3 is 15.0 Å². The third-order valence-corrected chi connectivity index (χ3v) is 3.44. The first-order valence-electron chi connectivity index (χ1n) is 7.28. The van der Waals surface area contributed by atoms with Crippen LogP contribution in [0, 0.1) is 5.92 Å². The number of nitrogens with one attached hydrogen (secondary N) is 1. The van der Waals surface area contributed by atoms with E-state index in [-0.39, 0.29) is 18.4 Å². The Kier molecular flexibility index (Phi) is 5.46. The van der Waals surface area contributed by atoms with Crippen LogP contribution < -0.4 is 5.32 Å². The van der Waals surface area contributed by atoms with E-state index in [9.17, 15) is 14.4 Å². The lowest BCUT2D eigenvalue weighted by Crippen LogP contribution is -2.47. The number of hydrogen-bond acceptors (Lipinski definition) is 5. The van der Waals surface area contributed by atoms with Crippen LogP contribution in [0.5, 0.6) is 0 Å². The molecular formula is C15H19N3O4. The van der Waals surface area contributed by atoms with Gasteiger partial charge in [0.2, 0.25) is 0 Å². The van der Waals surface area contributed by atoms with Crippen LogP contribution >= 0.6 is 0 Å². The first-order chi connectivity index (χ1) is 10.6. The highest BCUT2D eigenvalue weighted by atomic mass is 16.5. The Bertz CT molecular complexity index is 547. The molecule has 1 unspecified atom stereocenters. The van der Waals surface area contributed by atoms with Gasteiger partial charge in [0.05, 0.1) is 24.4 Å². The monoisotopic (exact) mass is 305 g/mol. The van der Waals surface area contributed by atoms with Crippen LogP contribution in [-0.4, -0.2) is 47.4 Å². The number of hydrogen-bond donors (Lipinski definition) is 1. The van der Waals surface area contributed by atoms with Gasteiger partial charge in [0.1, 0.15) is 0 Å². The van der Waals surface area contributed by atoms with Gasteiger partial charge in [0.25, 0.3) is 0 Å². The summed E-state index contributed by atoms with van der Waals surface area (Å²) in [5.41, 5.74) is 0.458. The lowest BCUT2D eigenvalue weighted by molar-refractivity contribution is -0.153. The zero-order chi connectivity index (χ0) is 15.9. The molecule has 1 aliphatic rings. The first-order valence-corrected chi connectivity index (χ1v) is 7.28. The van der Waals surface area contributed by atoms with Gasteiger partial charge in [0.15, 0.2) is 0 Å². The fraction of sp³-hybridized carbons (Fsp3) is 0.467. The van der Waals surface area contributed by atoms with E-state index < -0.39 is 11.8 Å². The number of carbonyl (C=O) groups excluding carboxylic acids is 3. The van der Waals surface area contributed by atoms with E-state index in [0.29, 0.717) is 31.7 Å². The Balaban J connectivity index is 1.93. The molecule has 1 aliphatic heterocycles. The van der Waals surface area contributed by atoms with Crippen molar-refractivity contribution in [1.82, 2.24) is 9.88 Å². The van der Waals surface area contributed by atoms with E-state index in [1.165, 1.54) is 11.1 Å². The predicted octanol–water partition coefficient (Wildman–Crippen LogP) is 0.822. The highest BCUT2D eigenvalue weighted by Gasteiger charge is 2.31. The van der Waals surface area contributed by atoms with Crippen LogP contribution in [0.3, 0.4) is 0 Å². The molecular weight excluding hydrogens is 286 g/mol. The zero-order valence-corrected chi connectivity index (χ0v) is 12.4. The molecule has 0 aliphatic carbocycles. The maximum absolute atomic E-state index is 12.2. The quantitative estimate of drug-likeness (QED) is 0.660. The third-order valence-electron chi connectivity index (χ3n) is 3.44. The summed E-state index contributed by atoms with van der Waals surface area (Å²) >= 11 is 0. The van der Waals surface area contributed by atoms with E-state index in [0.717, 1.165) is 0 Å². The van der Waals surface area contributed by atoms with Gasteiger partial charge in [-0.3, -0.25) is 19.4 Å². The SMILES string of the molecule is CCOC(=O)C1CCCN(C(=O)C(=O)Nc2cccnc2)C1. The topological polar surface area (TPSA) is 88.6 Å². The predicted molar refractivity (Wildman–Crippen MR) is 78.8 cm³/mol.